The number of aromatic amines is 1. The fourth-order valence-corrected chi connectivity index (χ4v) is 7.94. The van der Waals surface area contributed by atoms with Gasteiger partial charge < -0.3 is 20.0 Å². The number of pyridine rings is 3. The minimum Gasteiger partial charge on any atom is -0.469 e. The smallest absolute Gasteiger partial charge is 0.165 e. The fourth-order valence-electron chi connectivity index (χ4n) is 7.94. The molecule has 0 aliphatic carbocycles. The molecule has 3 N–H and O–H groups in total. The molecule has 65 heavy (non-hydrogen) atoms. The van der Waals surface area contributed by atoms with Crippen molar-refractivity contribution >= 4 is 44.5 Å². The van der Waals surface area contributed by atoms with Gasteiger partial charge in [0.2, 0.25) is 0 Å². The van der Waals surface area contributed by atoms with E-state index in [0.717, 1.165) is 94.7 Å². The van der Waals surface area contributed by atoms with Crippen LogP contribution >= 0.6 is 0 Å². The highest BCUT2D eigenvalue weighted by Crippen LogP contribution is 2.37. The molecule has 0 radical (unpaired) electrons. The van der Waals surface area contributed by atoms with Crippen molar-refractivity contribution in [3.8, 4) is 45.0 Å². The summed E-state index contributed by atoms with van der Waals surface area (Å²) in [4.78, 5) is 36.1. The number of benzene rings is 4. The van der Waals surface area contributed by atoms with Crippen LogP contribution in [0.1, 0.15) is 22.7 Å². The standard InChI is InChI=1S/C27H20N6.C26H21FN4O/c1-2-7-18(8-3-1)22-10-6-11-23-24(22)27(31-17-21-9-4-5-13-28-21)33-26(32-23)20-15-19-12-14-29-25(19)30-16-20;1-16-15-32-17(2)23(16)26-30-22-11-6-10-21(18-7-5-8-19(27)13-18)24(22)25(31-26)29-14-20-9-3-4-12-28-20/h1-16H,17H2,(H,29,30)(H,31,32,33);3-13,15H,14H2,1-2H3,(H,29,30,31). The summed E-state index contributed by atoms with van der Waals surface area (Å²) in [7, 11) is 0. The maximum absolute atomic E-state index is 14.0. The van der Waals surface area contributed by atoms with Crippen molar-refractivity contribution < 1.29 is 8.81 Å². The van der Waals surface area contributed by atoms with Crippen LogP contribution in [0.3, 0.4) is 0 Å². The molecular formula is C53H41FN10O. The van der Waals surface area contributed by atoms with Crippen molar-refractivity contribution in [2.45, 2.75) is 26.9 Å². The van der Waals surface area contributed by atoms with Gasteiger partial charge in [-0.3, -0.25) is 9.97 Å². The summed E-state index contributed by atoms with van der Waals surface area (Å²) in [5, 5.41) is 9.79. The highest BCUT2D eigenvalue weighted by Gasteiger charge is 2.19. The van der Waals surface area contributed by atoms with E-state index < -0.39 is 0 Å². The summed E-state index contributed by atoms with van der Waals surface area (Å²) in [5.74, 6) is 3.13. The molecule has 0 amide bonds. The zero-order valence-electron chi connectivity index (χ0n) is 35.5. The molecule has 0 fully saturated rings. The van der Waals surface area contributed by atoms with Crippen LogP contribution in [-0.2, 0) is 13.1 Å². The van der Waals surface area contributed by atoms with Crippen LogP contribution in [0.4, 0.5) is 16.0 Å². The number of fused-ring (bicyclic) bond motifs is 3. The normalized spacial score (nSPS) is 11.1. The molecule has 11 nitrogen and oxygen atoms in total. The zero-order chi connectivity index (χ0) is 44.1. The lowest BCUT2D eigenvalue weighted by Gasteiger charge is -2.14. The molecule has 11 rings (SSSR count). The number of aromatic nitrogens is 8. The predicted molar refractivity (Wildman–Crippen MR) is 255 cm³/mol. The lowest BCUT2D eigenvalue weighted by Crippen LogP contribution is -2.06. The van der Waals surface area contributed by atoms with Gasteiger partial charge in [-0.15, -0.1) is 0 Å². The first-order valence-electron chi connectivity index (χ1n) is 21.1. The van der Waals surface area contributed by atoms with Crippen LogP contribution in [-0.4, -0.2) is 39.9 Å². The third-order valence-electron chi connectivity index (χ3n) is 11.0. The number of furan rings is 1. The average molecular weight is 853 g/mol. The van der Waals surface area contributed by atoms with Crippen LogP contribution in [0.5, 0.6) is 0 Å². The maximum atomic E-state index is 14.0. The van der Waals surface area contributed by atoms with Crippen molar-refractivity contribution in [1.29, 1.82) is 0 Å². The third kappa shape index (κ3) is 8.60. The number of nitrogens with zero attached hydrogens (tertiary/aromatic N) is 7. The summed E-state index contributed by atoms with van der Waals surface area (Å²) in [5.41, 5.74) is 10.9. The van der Waals surface area contributed by atoms with Gasteiger partial charge in [0, 0.05) is 35.7 Å². The molecule has 0 unspecified atom stereocenters. The van der Waals surface area contributed by atoms with Crippen LogP contribution in [0, 0.1) is 19.7 Å². The molecule has 11 aromatic rings. The van der Waals surface area contributed by atoms with E-state index in [4.69, 9.17) is 24.4 Å². The highest BCUT2D eigenvalue weighted by atomic mass is 19.1. The monoisotopic (exact) mass is 852 g/mol. The van der Waals surface area contributed by atoms with E-state index in [2.05, 4.69) is 54.8 Å². The van der Waals surface area contributed by atoms with Gasteiger partial charge >= 0.3 is 0 Å². The van der Waals surface area contributed by atoms with Gasteiger partial charge in [0.05, 0.1) is 58.1 Å². The van der Waals surface area contributed by atoms with Gasteiger partial charge in [-0.05, 0) is 102 Å². The van der Waals surface area contributed by atoms with Gasteiger partial charge in [0.1, 0.15) is 28.9 Å². The van der Waals surface area contributed by atoms with E-state index >= 15 is 0 Å². The van der Waals surface area contributed by atoms with E-state index in [1.54, 1.807) is 24.7 Å². The number of aryl methyl sites for hydroxylation is 2. The number of halogens is 1. The van der Waals surface area contributed by atoms with Gasteiger partial charge in [0.25, 0.3) is 0 Å². The second-order valence-electron chi connectivity index (χ2n) is 15.4. The van der Waals surface area contributed by atoms with Gasteiger partial charge in [-0.1, -0.05) is 78.9 Å². The zero-order valence-corrected chi connectivity index (χ0v) is 35.5. The van der Waals surface area contributed by atoms with E-state index in [1.807, 2.05) is 123 Å². The summed E-state index contributed by atoms with van der Waals surface area (Å²) in [6, 6.07) is 44.6. The first-order chi connectivity index (χ1) is 31.9. The largest absolute Gasteiger partial charge is 0.469 e. The van der Waals surface area contributed by atoms with Crippen LogP contribution in [0.15, 0.2) is 175 Å². The molecule has 12 heteroatoms. The Bertz CT molecular complexity index is 3410. The van der Waals surface area contributed by atoms with Crippen molar-refractivity contribution in [3.63, 3.8) is 0 Å². The highest BCUT2D eigenvalue weighted by molar-refractivity contribution is 6.04. The Morgan fingerprint density at radius 2 is 1.18 bits per heavy atom. The second-order valence-corrected chi connectivity index (χ2v) is 15.4. The van der Waals surface area contributed by atoms with Crippen molar-refractivity contribution in [2.24, 2.45) is 0 Å². The van der Waals surface area contributed by atoms with Gasteiger partial charge in [-0.25, -0.2) is 29.3 Å². The summed E-state index contributed by atoms with van der Waals surface area (Å²) in [6.45, 7) is 4.93. The molecule has 7 heterocycles. The summed E-state index contributed by atoms with van der Waals surface area (Å²) < 4.78 is 19.6. The number of hydrogen-bond donors (Lipinski definition) is 3. The minimum atomic E-state index is -0.287. The topological polar surface area (TPSA) is 143 Å². The van der Waals surface area contributed by atoms with Crippen LogP contribution < -0.4 is 10.6 Å². The Hall–Kier alpha value is -8.64. The fraction of sp³-hybridized carbons (Fsp3) is 0.0755. The van der Waals surface area contributed by atoms with Gasteiger partial charge in [-0.2, -0.15) is 0 Å². The van der Waals surface area contributed by atoms with E-state index in [0.29, 0.717) is 30.6 Å². The molecule has 7 aromatic heterocycles. The SMILES string of the molecule is Cc1coc(C)c1-c1nc(NCc2ccccn2)c2c(-c3cccc(F)c3)cccc2n1.c1ccc(-c2cccc3nc(-c4cnc5[nH]ccc5c4)nc(NCc4ccccn4)c23)cc1. The Morgan fingerprint density at radius 3 is 1.82 bits per heavy atom. The molecule has 0 bridgehead atoms. The third-order valence-corrected chi connectivity index (χ3v) is 11.0. The first-order valence-corrected chi connectivity index (χ1v) is 21.1. The number of hydrogen-bond acceptors (Lipinski definition) is 10. The molecule has 0 aliphatic heterocycles. The quantitative estimate of drug-likeness (QED) is 0.122. The Kier molecular flexibility index (Phi) is 11.2. The lowest BCUT2D eigenvalue weighted by molar-refractivity contribution is 0.533. The minimum absolute atomic E-state index is 0.287. The summed E-state index contributed by atoms with van der Waals surface area (Å²) >= 11 is 0. The number of rotatable bonds is 10. The predicted octanol–water partition coefficient (Wildman–Crippen LogP) is 12.2. The first kappa shape index (κ1) is 40.4. The van der Waals surface area contributed by atoms with Crippen molar-refractivity contribution in [2.75, 3.05) is 10.6 Å². The van der Waals surface area contributed by atoms with Gasteiger partial charge in [0.15, 0.2) is 11.6 Å². The molecule has 0 saturated heterocycles. The Morgan fingerprint density at radius 1 is 0.569 bits per heavy atom. The molecule has 4 aromatic carbocycles. The molecule has 0 aliphatic rings. The number of nitrogens with one attached hydrogen (secondary N) is 3. The maximum Gasteiger partial charge on any atom is 0.165 e. The Labute approximate surface area is 373 Å². The second kappa shape index (κ2) is 18.0. The van der Waals surface area contributed by atoms with E-state index in [-0.39, 0.29) is 5.82 Å². The van der Waals surface area contributed by atoms with Crippen LogP contribution in [0.25, 0.3) is 77.9 Å². The summed E-state index contributed by atoms with van der Waals surface area (Å²) in [6.07, 6.45) is 8.96. The van der Waals surface area contributed by atoms with Crippen molar-refractivity contribution in [3.05, 3.63) is 199 Å². The number of H-pyrrole nitrogens is 1. The van der Waals surface area contributed by atoms with Crippen LogP contribution in [0.2, 0.25) is 0 Å². The molecule has 316 valence electrons. The molecule has 0 atom stereocenters. The molecule has 0 saturated carbocycles. The molecular weight excluding hydrogens is 812 g/mol. The molecule has 0 spiro atoms. The van der Waals surface area contributed by atoms with E-state index in [1.165, 1.54) is 12.1 Å². The van der Waals surface area contributed by atoms with Crippen molar-refractivity contribution in [1.82, 2.24) is 39.9 Å². The average Bonchev–Trinajstić information content (AvgIpc) is 3.97. The Balaban J connectivity index is 0.000000153. The lowest BCUT2D eigenvalue weighted by atomic mass is 10.00. The number of anilines is 2. The van der Waals surface area contributed by atoms with E-state index in [9.17, 15) is 4.39 Å².